The molecule has 4 N–H and O–H groups in total. The molecule has 88 valence electrons. The summed E-state index contributed by atoms with van der Waals surface area (Å²) < 4.78 is 0. The van der Waals surface area contributed by atoms with Crippen molar-refractivity contribution in [1.82, 2.24) is 9.97 Å². The highest BCUT2D eigenvalue weighted by Gasteiger charge is 1.97. The van der Waals surface area contributed by atoms with Crippen LogP contribution >= 0.6 is 0 Å². The predicted molar refractivity (Wildman–Crippen MR) is 68.3 cm³/mol. The summed E-state index contributed by atoms with van der Waals surface area (Å²) in [6.07, 6.45) is 1.65. The summed E-state index contributed by atoms with van der Waals surface area (Å²) in [4.78, 5) is 8.11. The van der Waals surface area contributed by atoms with Crippen molar-refractivity contribution in [3.63, 3.8) is 0 Å². The van der Waals surface area contributed by atoms with Gasteiger partial charge in [0.1, 0.15) is 5.82 Å². The first kappa shape index (κ1) is 11.3. The van der Waals surface area contributed by atoms with Gasteiger partial charge in [0, 0.05) is 12.7 Å². The number of hydrogen-bond acceptors (Lipinski definition) is 5. The maximum atomic E-state index is 5.24. The molecule has 2 rings (SSSR count). The summed E-state index contributed by atoms with van der Waals surface area (Å²) in [7, 11) is 0. The van der Waals surface area contributed by atoms with Gasteiger partial charge in [-0.3, -0.25) is 5.43 Å². The molecular formula is C12H15N5. The van der Waals surface area contributed by atoms with Crippen LogP contribution in [0.2, 0.25) is 0 Å². The van der Waals surface area contributed by atoms with Gasteiger partial charge in [0.2, 0.25) is 5.95 Å². The summed E-state index contributed by atoms with van der Waals surface area (Å²) in [5.74, 6) is 6.39. The Labute approximate surface area is 100 Å². The Morgan fingerprint density at radius 3 is 2.94 bits per heavy atom. The van der Waals surface area contributed by atoms with Crippen LogP contribution in [0.4, 0.5) is 11.8 Å². The first-order chi connectivity index (χ1) is 8.28. The zero-order valence-corrected chi connectivity index (χ0v) is 9.64. The highest BCUT2D eigenvalue weighted by Crippen LogP contribution is 2.08. The molecule has 0 bridgehead atoms. The second kappa shape index (κ2) is 5.27. The van der Waals surface area contributed by atoms with Crippen molar-refractivity contribution in [3.05, 3.63) is 47.7 Å². The van der Waals surface area contributed by atoms with Crippen LogP contribution in [0.5, 0.6) is 0 Å². The van der Waals surface area contributed by atoms with Gasteiger partial charge < -0.3 is 5.32 Å². The van der Waals surface area contributed by atoms with E-state index in [2.05, 4.69) is 45.8 Å². The number of aryl methyl sites for hydroxylation is 1. The number of benzene rings is 1. The fourth-order valence-electron chi connectivity index (χ4n) is 1.54. The van der Waals surface area contributed by atoms with Gasteiger partial charge in [0.05, 0.1) is 0 Å². The van der Waals surface area contributed by atoms with Crippen LogP contribution in [-0.2, 0) is 6.54 Å². The SMILES string of the molecule is Cc1cccc(CNc2ccnc(NN)n2)c1. The monoisotopic (exact) mass is 229 g/mol. The molecule has 0 unspecified atom stereocenters. The fraction of sp³-hybridized carbons (Fsp3) is 0.167. The van der Waals surface area contributed by atoms with Gasteiger partial charge in [-0.15, -0.1) is 0 Å². The lowest BCUT2D eigenvalue weighted by atomic mass is 10.1. The van der Waals surface area contributed by atoms with E-state index in [-0.39, 0.29) is 0 Å². The standard InChI is InChI=1S/C12H15N5/c1-9-3-2-4-10(7-9)8-15-11-5-6-14-12(16-11)17-13/h2-7H,8,13H2,1H3,(H2,14,15,16,17). The van der Waals surface area contributed by atoms with Crippen LogP contribution in [0.1, 0.15) is 11.1 Å². The van der Waals surface area contributed by atoms with Crippen LogP contribution in [0.15, 0.2) is 36.5 Å². The maximum absolute atomic E-state index is 5.24. The third-order valence-corrected chi connectivity index (χ3v) is 2.34. The van der Waals surface area contributed by atoms with Gasteiger partial charge in [0.25, 0.3) is 0 Å². The normalized spacial score (nSPS) is 10.0. The minimum absolute atomic E-state index is 0.402. The van der Waals surface area contributed by atoms with E-state index in [0.29, 0.717) is 5.95 Å². The van der Waals surface area contributed by atoms with Crippen LogP contribution in [-0.4, -0.2) is 9.97 Å². The Morgan fingerprint density at radius 2 is 2.18 bits per heavy atom. The topological polar surface area (TPSA) is 75.9 Å². The minimum Gasteiger partial charge on any atom is -0.366 e. The van der Waals surface area contributed by atoms with Gasteiger partial charge in [-0.05, 0) is 18.6 Å². The Hall–Kier alpha value is -2.14. The number of rotatable bonds is 4. The molecule has 5 heteroatoms. The Bertz CT molecular complexity index is 498. The zero-order chi connectivity index (χ0) is 12.1. The molecule has 0 saturated heterocycles. The molecule has 2 aromatic rings. The van der Waals surface area contributed by atoms with E-state index in [0.717, 1.165) is 12.4 Å². The number of anilines is 2. The Balaban J connectivity index is 2.02. The van der Waals surface area contributed by atoms with Crippen LogP contribution in [0.25, 0.3) is 0 Å². The summed E-state index contributed by atoms with van der Waals surface area (Å²) in [6.45, 7) is 2.80. The lowest BCUT2D eigenvalue weighted by Gasteiger charge is -2.07. The molecule has 0 aliphatic carbocycles. The van der Waals surface area contributed by atoms with Crippen molar-refractivity contribution < 1.29 is 0 Å². The van der Waals surface area contributed by atoms with Crippen molar-refractivity contribution in [2.75, 3.05) is 10.7 Å². The second-order valence-electron chi connectivity index (χ2n) is 3.75. The molecule has 0 amide bonds. The molecule has 0 fully saturated rings. The quantitative estimate of drug-likeness (QED) is 0.549. The smallest absolute Gasteiger partial charge is 0.239 e. The predicted octanol–water partition coefficient (Wildman–Crippen LogP) is 1.68. The average Bonchev–Trinajstić information content (AvgIpc) is 2.37. The molecule has 1 heterocycles. The van der Waals surface area contributed by atoms with E-state index >= 15 is 0 Å². The van der Waals surface area contributed by atoms with Gasteiger partial charge >= 0.3 is 0 Å². The van der Waals surface area contributed by atoms with Crippen LogP contribution in [0, 0.1) is 6.92 Å². The van der Waals surface area contributed by atoms with E-state index in [1.165, 1.54) is 11.1 Å². The largest absolute Gasteiger partial charge is 0.366 e. The van der Waals surface area contributed by atoms with Gasteiger partial charge in [-0.2, -0.15) is 4.98 Å². The van der Waals surface area contributed by atoms with Crippen molar-refractivity contribution in [2.24, 2.45) is 5.84 Å². The lowest BCUT2D eigenvalue weighted by Crippen LogP contribution is -2.11. The average molecular weight is 229 g/mol. The highest BCUT2D eigenvalue weighted by molar-refractivity contribution is 5.39. The molecule has 5 nitrogen and oxygen atoms in total. The Morgan fingerprint density at radius 1 is 1.29 bits per heavy atom. The number of nitrogen functional groups attached to an aromatic ring is 1. The second-order valence-corrected chi connectivity index (χ2v) is 3.75. The molecule has 1 aromatic heterocycles. The zero-order valence-electron chi connectivity index (χ0n) is 9.64. The van der Waals surface area contributed by atoms with Gasteiger partial charge in [0.15, 0.2) is 0 Å². The number of nitrogens with two attached hydrogens (primary N) is 1. The molecule has 1 aromatic carbocycles. The molecule has 0 aliphatic heterocycles. The third kappa shape index (κ3) is 3.15. The van der Waals surface area contributed by atoms with Crippen LogP contribution < -0.4 is 16.6 Å². The van der Waals surface area contributed by atoms with Gasteiger partial charge in [-0.25, -0.2) is 10.8 Å². The number of hydrazine groups is 1. The fourth-order valence-corrected chi connectivity index (χ4v) is 1.54. The third-order valence-electron chi connectivity index (χ3n) is 2.34. The highest BCUT2D eigenvalue weighted by atomic mass is 15.3. The molecule has 0 spiro atoms. The Kier molecular flexibility index (Phi) is 3.52. The number of aromatic nitrogens is 2. The molecular weight excluding hydrogens is 214 g/mol. The van der Waals surface area contributed by atoms with E-state index < -0.39 is 0 Å². The number of nitrogens with one attached hydrogen (secondary N) is 2. The van der Waals surface area contributed by atoms with E-state index in [1.54, 1.807) is 12.3 Å². The maximum Gasteiger partial charge on any atom is 0.239 e. The molecule has 17 heavy (non-hydrogen) atoms. The van der Waals surface area contributed by atoms with Crippen LogP contribution in [0.3, 0.4) is 0 Å². The van der Waals surface area contributed by atoms with Crippen molar-refractivity contribution in [2.45, 2.75) is 13.5 Å². The molecule has 0 atom stereocenters. The van der Waals surface area contributed by atoms with Crippen molar-refractivity contribution in [3.8, 4) is 0 Å². The van der Waals surface area contributed by atoms with E-state index in [1.807, 2.05) is 6.07 Å². The number of hydrogen-bond donors (Lipinski definition) is 3. The summed E-state index contributed by atoms with van der Waals surface area (Å²) in [5.41, 5.74) is 4.87. The van der Waals surface area contributed by atoms with Gasteiger partial charge in [-0.1, -0.05) is 29.8 Å². The minimum atomic E-state index is 0.402. The molecule has 0 saturated carbocycles. The first-order valence-corrected chi connectivity index (χ1v) is 5.37. The summed E-state index contributed by atoms with van der Waals surface area (Å²) in [5, 5.41) is 3.22. The van der Waals surface area contributed by atoms with E-state index in [4.69, 9.17) is 5.84 Å². The summed E-state index contributed by atoms with van der Waals surface area (Å²) in [6, 6.07) is 10.1. The lowest BCUT2D eigenvalue weighted by molar-refractivity contribution is 1.06. The molecule has 0 aliphatic rings. The van der Waals surface area contributed by atoms with E-state index in [9.17, 15) is 0 Å². The van der Waals surface area contributed by atoms with Crippen molar-refractivity contribution >= 4 is 11.8 Å². The number of nitrogens with zero attached hydrogens (tertiary/aromatic N) is 2. The molecule has 0 radical (unpaired) electrons. The van der Waals surface area contributed by atoms with Crippen molar-refractivity contribution in [1.29, 1.82) is 0 Å². The first-order valence-electron chi connectivity index (χ1n) is 5.37. The summed E-state index contributed by atoms with van der Waals surface area (Å²) >= 11 is 0.